The Morgan fingerprint density at radius 1 is 0.623 bits per heavy atom. The predicted octanol–water partition coefficient (Wildman–Crippen LogP) is 9.60. The molecule has 1 aliphatic heterocycles. The molecule has 1 heterocycles. The second-order valence-electron chi connectivity index (χ2n) is 17.2. The molecule has 8 unspecified atom stereocenters. The van der Waals surface area contributed by atoms with Gasteiger partial charge in [0, 0.05) is 6.42 Å². The average Bonchev–Trinajstić information content (AvgIpc) is 3.25. The van der Waals surface area contributed by atoms with Crippen molar-refractivity contribution in [2.24, 2.45) is 0 Å². The van der Waals surface area contributed by atoms with Crippen molar-refractivity contribution in [2.45, 2.75) is 256 Å². The smallest absolute Gasteiger partial charge is 0.306 e. The summed E-state index contributed by atoms with van der Waals surface area (Å²) in [6.45, 7) is 5.64. The van der Waals surface area contributed by atoms with Crippen LogP contribution >= 0.6 is 0 Å². The summed E-state index contributed by atoms with van der Waals surface area (Å²) in [5, 5.41) is 56.3. The van der Waals surface area contributed by atoms with Gasteiger partial charge in [-0.25, -0.2) is 0 Å². The molecule has 11 heteroatoms. The third-order valence-electron chi connectivity index (χ3n) is 11.5. The van der Waals surface area contributed by atoms with Crippen LogP contribution in [0.2, 0.25) is 0 Å². The van der Waals surface area contributed by atoms with Gasteiger partial charge in [0.05, 0.1) is 25.4 Å². The first-order valence-electron chi connectivity index (χ1n) is 24.8. The van der Waals surface area contributed by atoms with Crippen molar-refractivity contribution in [3.05, 3.63) is 36.5 Å². The molecule has 356 valence electrons. The molecule has 1 aliphatic rings. The van der Waals surface area contributed by atoms with E-state index in [2.05, 4.69) is 50.4 Å². The van der Waals surface area contributed by atoms with E-state index in [-0.39, 0.29) is 19.4 Å². The number of carbonyl (C=O) groups excluding carboxylic acids is 2. The van der Waals surface area contributed by atoms with Crippen LogP contribution < -0.4 is 5.32 Å². The summed E-state index contributed by atoms with van der Waals surface area (Å²) < 4.78 is 17.4. The van der Waals surface area contributed by atoms with Gasteiger partial charge in [-0.3, -0.25) is 9.59 Å². The number of esters is 1. The number of unbranched alkanes of at least 4 members (excludes halogenated alkanes) is 22. The van der Waals surface area contributed by atoms with Crippen LogP contribution in [-0.2, 0) is 23.8 Å². The normalized spacial score (nSPS) is 21.1. The average molecular weight is 866 g/mol. The lowest BCUT2D eigenvalue weighted by Gasteiger charge is -2.41. The van der Waals surface area contributed by atoms with Gasteiger partial charge in [-0.05, 0) is 64.2 Å². The van der Waals surface area contributed by atoms with E-state index in [1.807, 2.05) is 6.08 Å². The maximum Gasteiger partial charge on any atom is 0.306 e. The van der Waals surface area contributed by atoms with Crippen molar-refractivity contribution < 1.29 is 49.3 Å². The molecule has 0 spiro atoms. The van der Waals surface area contributed by atoms with E-state index >= 15 is 0 Å². The largest absolute Gasteiger partial charge is 0.454 e. The quantitative estimate of drug-likeness (QED) is 0.0198. The number of hydrogen-bond acceptors (Lipinski definition) is 10. The summed E-state index contributed by atoms with van der Waals surface area (Å²) in [4.78, 5) is 26.2. The molecule has 1 fully saturated rings. The Bertz CT molecular complexity index is 1130. The van der Waals surface area contributed by atoms with Crippen LogP contribution in [0.15, 0.2) is 36.5 Å². The molecule has 6 N–H and O–H groups in total. The molecule has 1 amide bonds. The minimum absolute atomic E-state index is 0.113. The second kappa shape index (κ2) is 39.5. The Morgan fingerprint density at radius 3 is 1.64 bits per heavy atom. The summed E-state index contributed by atoms with van der Waals surface area (Å²) in [7, 11) is 0. The Labute approximate surface area is 371 Å². The van der Waals surface area contributed by atoms with Crippen molar-refractivity contribution in [2.75, 3.05) is 13.2 Å². The lowest BCUT2D eigenvalue weighted by Crippen LogP contribution is -2.61. The second-order valence-corrected chi connectivity index (χ2v) is 17.2. The number of allylic oxidation sites excluding steroid dienone is 5. The van der Waals surface area contributed by atoms with Crippen molar-refractivity contribution in [3.8, 4) is 0 Å². The van der Waals surface area contributed by atoms with Gasteiger partial charge in [0.15, 0.2) is 12.4 Å². The zero-order valence-corrected chi connectivity index (χ0v) is 38.8. The summed E-state index contributed by atoms with van der Waals surface area (Å²) in [6.07, 6.45) is 32.1. The maximum absolute atomic E-state index is 13.2. The van der Waals surface area contributed by atoms with Crippen LogP contribution in [0.4, 0.5) is 0 Å². The molecule has 0 aliphatic carbocycles. The fourth-order valence-electron chi connectivity index (χ4n) is 7.43. The van der Waals surface area contributed by atoms with Crippen LogP contribution in [0.25, 0.3) is 0 Å². The van der Waals surface area contributed by atoms with E-state index in [1.54, 1.807) is 6.08 Å². The fraction of sp³-hybridized carbons (Fsp3) is 0.840. The molecular weight excluding hydrogens is 775 g/mol. The van der Waals surface area contributed by atoms with E-state index < -0.39 is 67.4 Å². The minimum atomic E-state index is -1.61. The van der Waals surface area contributed by atoms with Gasteiger partial charge in [-0.2, -0.15) is 0 Å². The minimum Gasteiger partial charge on any atom is -0.454 e. The molecular formula is C50H91NO10. The molecule has 8 atom stereocenters. The number of hydrogen-bond donors (Lipinski definition) is 6. The zero-order chi connectivity index (χ0) is 44.8. The van der Waals surface area contributed by atoms with Crippen LogP contribution in [0.5, 0.6) is 0 Å². The molecule has 0 aromatic heterocycles. The molecule has 61 heavy (non-hydrogen) atoms. The van der Waals surface area contributed by atoms with Gasteiger partial charge in [0.2, 0.25) is 5.91 Å². The zero-order valence-electron chi connectivity index (χ0n) is 38.8. The van der Waals surface area contributed by atoms with Crippen molar-refractivity contribution >= 4 is 11.9 Å². The highest BCUT2D eigenvalue weighted by Crippen LogP contribution is 2.26. The van der Waals surface area contributed by atoms with E-state index in [0.29, 0.717) is 12.8 Å². The highest BCUT2D eigenvalue weighted by atomic mass is 16.7. The summed E-state index contributed by atoms with van der Waals surface area (Å²) in [6, 6.07) is -1.02. The Morgan fingerprint density at radius 2 is 1.10 bits per heavy atom. The standard InChI is InChI=1S/C50H91NO10/c1-4-7-10-13-16-19-22-25-27-30-33-36-42(53)41(51-49(58)43(54)37-34-31-28-24-21-18-15-12-9-6-3)40-59-50-48(47(57)46(56)44(39-52)60-50)61-45(55)38-35-32-29-26-23-20-17-14-11-8-5-2/h14-15,17-18,33,36,41-44,46-48,50,52-54,56-57H,4-13,16,19-32,34-35,37-40H2,1-3H3,(H,51,58)/b17-14-,18-15-,36-33+. The van der Waals surface area contributed by atoms with Crippen LogP contribution in [-0.4, -0.2) is 99.6 Å². The van der Waals surface area contributed by atoms with Crippen LogP contribution in [0, 0.1) is 0 Å². The number of aliphatic hydroxyl groups is 5. The molecule has 0 bridgehead atoms. The van der Waals surface area contributed by atoms with E-state index in [0.717, 1.165) is 89.9 Å². The lowest BCUT2D eigenvalue weighted by atomic mass is 9.99. The van der Waals surface area contributed by atoms with Crippen LogP contribution in [0.3, 0.4) is 0 Å². The SMILES string of the molecule is CCCC/C=C\CCCCCCCC(=O)OC1C(OCC(NC(=O)C(O)CCCCCC/C=C\CCCC)C(O)/C=C/CCCCCCCCCCC)OC(CO)C(O)C1O. The highest BCUT2D eigenvalue weighted by Gasteiger charge is 2.47. The fourth-order valence-corrected chi connectivity index (χ4v) is 7.43. The van der Waals surface area contributed by atoms with Gasteiger partial charge in [0.25, 0.3) is 0 Å². The number of rotatable bonds is 40. The number of ether oxygens (including phenoxy) is 3. The molecule has 0 saturated carbocycles. The Hall–Kier alpha value is -2.12. The van der Waals surface area contributed by atoms with Crippen molar-refractivity contribution in [1.29, 1.82) is 0 Å². The topological polar surface area (TPSA) is 175 Å². The number of aliphatic hydroxyl groups excluding tert-OH is 5. The molecule has 0 radical (unpaired) electrons. The van der Waals surface area contributed by atoms with Crippen molar-refractivity contribution in [1.82, 2.24) is 5.32 Å². The third-order valence-corrected chi connectivity index (χ3v) is 11.5. The van der Waals surface area contributed by atoms with Crippen LogP contribution in [0.1, 0.15) is 207 Å². The first kappa shape index (κ1) is 56.9. The highest BCUT2D eigenvalue weighted by molar-refractivity contribution is 5.80. The van der Waals surface area contributed by atoms with Gasteiger partial charge >= 0.3 is 5.97 Å². The van der Waals surface area contributed by atoms with Crippen molar-refractivity contribution in [3.63, 3.8) is 0 Å². The molecule has 0 aromatic rings. The van der Waals surface area contributed by atoms with Gasteiger partial charge in [0.1, 0.15) is 24.4 Å². The molecule has 0 aromatic carbocycles. The molecule has 1 saturated heterocycles. The van der Waals surface area contributed by atoms with Gasteiger partial charge in [-0.15, -0.1) is 0 Å². The first-order valence-corrected chi connectivity index (χ1v) is 24.8. The molecule has 1 rings (SSSR count). The summed E-state index contributed by atoms with van der Waals surface area (Å²) >= 11 is 0. The number of carbonyl (C=O) groups is 2. The predicted molar refractivity (Wildman–Crippen MR) is 246 cm³/mol. The van der Waals surface area contributed by atoms with Gasteiger partial charge < -0.3 is 45.1 Å². The Balaban J connectivity index is 2.82. The lowest BCUT2D eigenvalue weighted by molar-refractivity contribution is -0.305. The summed E-state index contributed by atoms with van der Waals surface area (Å²) in [5.41, 5.74) is 0. The van der Waals surface area contributed by atoms with E-state index in [4.69, 9.17) is 14.2 Å². The van der Waals surface area contributed by atoms with E-state index in [1.165, 1.54) is 70.6 Å². The third kappa shape index (κ3) is 29.0. The monoisotopic (exact) mass is 866 g/mol. The number of nitrogens with one attached hydrogen (secondary N) is 1. The first-order chi connectivity index (χ1) is 29.7. The summed E-state index contributed by atoms with van der Waals surface area (Å²) in [5.74, 6) is -1.22. The Kier molecular flexibility index (Phi) is 36.8. The van der Waals surface area contributed by atoms with Gasteiger partial charge in [-0.1, -0.05) is 173 Å². The molecule has 11 nitrogen and oxygen atoms in total. The maximum atomic E-state index is 13.2. The number of amides is 1. The van der Waals surface area contributed by atoms with E-state index in [9.17, 15) is 35.1 Å².